The Labute approximate surface area is 216 Å². The van der Waals surface area contributed by atoms with Gasteiger partial charge in [-0.25, -0.2) is 0 Å². The van der Waals surface area contributed by atoms with E-state index in [1.165, 1.54) is 12.8 Å². The standard InChI is InChI=1S/C29H46N4O3/c1-20(2)17-31(18-21(3)4)13-14-33-27(34)25-16-26-24(15-22(5)36-26)32(25)19-29(33,6)28(35)30-23-11-9-7-8-10-12-23/h15-16,20-21,23H,7-14,17-19H2,1-6H3,(H,30,35)/t29-/m0/s1. The van der Waals surface area contributed by atoms with E-state index in [-0.39, 0.29) is 17.9 Å². The average molecular weight is 499 g/mol. The van der Waals surface area contributed by atoms with Gasteiger partial charge in [0, 0.05) is 44.4 Å². The summed E-state index contributed by atoms with van der Waals surface area (Å²) in [6.07, 6.45) is 6.82. The van der Waals surface area contributed by atoms with Crippen LogP contribution in [0.2, 0.25) is 0 Å². The van der Waals surface area contributed by atoms with Gasteiger partial charge in [0.1, 0.15) is 17.0 Å². The molecule has 1 atom stereocenters. The van der Waals surface area contributed by atoms with Crippen molar-refractivity contribution in [1.29, 1.82) is 0 Å². The van der Waals surface area contributed by atoms with E-state index in [0.717, 1.165) is 56.6 Å². The van der Waals surface area contributed by atoms with Crippen LogP contribution in [0.3, 0.4) is 0 Å². The molecule has 4 rings (SSSR count). The van der Waals surface area contributed by atoms with Crippen molar-refractivity contribution in [3.63, 3.8) is 0 Å². The number of carbonyl (C=O) groups is 2. The van der Waals surface area contributed by atoms with Gasteiger partial charge in [0.15, 0.2) is 5.58 Å². The van der Waals surface area contributed by atoms with E-state index in [9.17, 15) is 9.59 Å². The van der Waals surface area contributed by atoms with Gasteiger partial charge in [-0.1, -0.05) is 53.4 Å². The highest BCUT2D eigenvalue weighted by molar-refractivity contribution is 6.03. The number of carbonyl (C=O) groups excluding carboxylic acids is 2. The SMILES string of the molecule is Cc1cc2c(cc3n2C[C@@](C)(C(=O)NC2CCCCCC2)N(CCN(CC(C)C)CC(C)C)C3=O)o1. The largest absolute Gasteiger partial charge is 0.460 e. The summed E-state index contributed by atoms with van der Waals surface area (Å²) in [6.45, 7) is 16.5. The third-order valence-electron chi connectivity index (χ3n) is 7.80. The maximum atomic E-state index is 14.0. The van der Waals surface area contributed by atoms with Gasteiger partial charge < -0.3 is 24.1 Å². The van der Waals surface area contributed by atoms with E-state index in [0.29, 0.717) is 36.2 Å². The summed E-state index contributed by atoms with van der Waals surface area (Å²) in [7, 11) is 0. The summed E-state index contributed by atoms with van der Waals surface area (Å²) in [5.74, 6) is 1.77. The first-order valence-electron chi connectivity index (χ1n) is 14.0. The number of furan rings is 1. The highest BCUT2D eigenvalue weighted by Gasteiger charge is 2.48. The lowest BCUT2D eigenvalue weighted by Gasteiger charge is -2.45. The second-order valence-corrected chi connectivity index (χ2v) is 12.2. The van der Waals surface area contributed by atoms with Gasteiger partial charge in [0.25, 0.3) is 5.91 Å². The van der Waals surface area contributed by atoms with Crippen LogP contribution in [0.25, 0.3) is 11.1 Å². The van der Waals surface area contributed by atoms with Gasteiger partial charge in [-0.2, -0.15) is 0 Å². The number of nitrogens with zero attached hydrogens (tertiary/aromatic N) is 3. The van der Waals surface area contributed by atoms with Crippen molar-refractivity contribution in [3.05, 3.63) is 23.6 Å². The molecule has 36 heavy (non-hydrogen) atoms. The number of rotatable bonds is 9. The molecular weight excluding hydrogens is 452 g/mol. The maximum absolute atomic E-state index is 14.0. The molecule has 0 radical (unpaired) electrons. The number of amides is 2. The number of hydrogen-bond donors (Lipinski definition) is 1. The molecular formula is C29H46N4O3. The molecule has 0 bridgehead atoms. The minimum atomic E-state index is -0.963. The summed E-state index contributed by atoms with van der Waals surface area (Å²) in [5.41, 5.74) is 1.26. The first-order chi connectivity index (χ1) is 17.1. The first kappa shape index (κ1) is 26.8. The Kier molecular flexibility index (Phi) is 8.18. The normalized spacial score (nSPS) is 21.6. The van der Waals surface area contributed by atoms with Crippen LogP contribution in [-0.4, -0.2) is 63.9 Å². The molecule has 7 heteroatoms. The van der Waals surface area contributed by atoms with Gasteiger partial charge in [-0.05, 0) is 38.5 Å². The van der Waals surface area contributed by atoms with E-state index in [1.807, 2.05) is 35.4 Å². The van der Waals surface area contributed by atoms with Gasteiger partial charge in [0.05, 0.1) is 12.1 Å². The molecule has 2 aliphatic rings. The summed E-state index contributed by atoms with van der Waals surface area (Å²) in [4.78, 5) is 32.2. The Morgan fingerprint density at radius 3 is 2.36 bits per heavy atom. The van der Waals surface area contributed by atoms with Crippen molar-refractivity contribution in [1.82, 2.24) is 19.7 Å². The summed E-state index contributed by atoms with van der Waals surface area (Å²) >= 11 is 0. The second kappa shape index (κ2) is 11.0. The number of aromatic nitrogens is 1. The van der Waals surface area contributed by atoms with Crippen LogP contribution >= 0.6 is 0 Å². The number of hydrogen-bond acceptors (Lipinski definition) is 4. The predicted molar refractivity (Wildman–Crippen MR) is 144 cm³/mol. The predicted octanol–water partition coefficient (Wildman–Crippen LogP) is 5.21. The molecule has 200 valence electrons. The molecule has 0 aromatic carbocycles. The Bertz CT molecular complexity index is 1050. The Morgan fingerprint density at radius 1 is 1.11 bits per heavy atom. The van der Waals surface area contributed by atoms with Crippen LogP contribution in [0.4, 0.5) is 0 Å². The third-order valence-corrected chi connectivity index (χ3v) is 7.80. The molecule has 2 aromatic rings. The monoisotopic (exact) mass is 498 g/mol. The van der Waals surface area contributed by atoms with Crippen LogP contribution in [0.15, 0.2) is 16.5 Å². The molecule has 1 N–H and O–H groups in total. The Hall–Kier alpha value is -2.28. The van der Waals surface area contributed by atoms with Crippen LogP contribution < -0.4 is 5.32 Å². The maximum Gasteiger partial charge on any atom is 0.271 e. The van der Waals surface area contributed by atoms with Crippen molar-refractivity contribution < 1.29 is 14.0 Å². The van der Waals surface area contributed by atoms with Crippen molar-refractivity contribution in [2.45, 2.75) is 98.2 Å². The van der Waals surface area contributed by atoms with E-state index >= 15 is 0 Å². The van der Waals surface area contributed by atoms with Crippen LogP contribution in [0.1, 0.15) is 89.4 Å². The van der Waals surface area contributed by atoms with E-state index in [2.05, 4.69) is 37.9 Å². The number of aryl methyl sites for hydroxylation is 1. The minimum Gasteiger partial charge on any atom is -0.460 e. The van der Waals surface area contributed by atoms with Crippen LogP contribution in [0, 0.1) is 18.8 Å². The lowest BCUT2D eigenvalue weighted by atomic mass is 9.93. The molecule has 2 aromatic heterocycles. The third kappa shape index (κ3) is 5.66. The van der Waals surface area contributed by atoms with Gasteiger partial charge >= 0.3 is 0 Å². The Morgan fingerprint density at radius 2 is 1.75 bits per heavy atom. The minimum absolute atomic E-state index is 0.0327. The lowest BCUT2D eigenvalue weighted by molar-refractivity contribution is -0.133. The van der Waals surface area contributed by atoms with Crippen molar-refractivity contribution in [3.8, 4) is 0 Å². The van der Waals surface area contributed by atoms with Crippen molar-refractivity contribution >= 4 is 22.9 Å². The molecule has 7 nitrogen and oxygen atoms in total. The van der Waals surface area contributed by atoms with E-state index in [1.54, 1.807) is 0 Å². The summed E-state index contributed by atoms with van der Waals surface area (Å²) < 4.78 is 7.85. The smallest absolute Gasteiger partial charge is 0.271 e. The van der Waals surface area contributed by atoms with E-state index in [4.69, 9.17) is 4.42 Å². The average Bonchev–Trinajstić information content (AvgIpc) is 3.18. The molecule has 0 unspecified atom stereocenters. The van der Waals surface area contributed by atoms with Crippen molar-refractivity contribution in [2.24, 2.45) is 11.8 Å². The fourth-order valence-corrected chi connectivity index (χ4v) is 6.11. The van der Waals surface area contributed by atoms with Crippen LogP contribution in [-0.2, 0) is 11.3 Å². The molecule has 1 aliphatic carbocycles. The van der Waals surface area contributed by atoms with Gasteiger partial charge in [0.2, 0.25) is 5.91 Å². The van der Waals surface area contributed by atoms with Gasteiger partial charge in [-0.3, -0.25) is 9.59 Å². The molecule has 3 heterocycles. The quantitative estimate of drug-likeness (QED) is 0.482. The lowest BCUT2D eigenvalue weighted by Crippen LogP contribution is -2.65. The molecule has 2 amide bonds. The molecule has 0 saturated heterocycles. The van der Waals surface area contributed by atoms with Crippen molar-refractivity contribution in [2.75, 3.05) is 26.2 Å². The fraction of sp³-hybridized carbons (Fsp3) is 0.724. The van der Waals surface area contributed by atoms with E-state index < -0.39 is 5.54 Å². The topological polar surface area (TPSA) is 70.7 Å². The molecule has 1 aliphatic heterocycles. The molecule has 0 spiro atoms. The summed E-state index contributed by atoms with van der Waals surface area (Å²) in [6, 6.07) is 4.01. The summed E-state index contributed by atoms with van der Waals surface area (Å²) in [5, 5.41) is 3.36. The number of fused-ring (bicyclic) bond motifs is 3. The highest BCUT2D eigenvalue weighted by Crippen LogP contribution is 2.34. The molecule has 1 fully saturated rings. The zero-order chi connectivity index (χ0) is 26.0. The van der Waals surface area contributed by atoms with Gasteiger partial charge in [-0.15, -0.1) is 0 Å². The zero-order valence-electron chi connectivity index (χ0n) is 23.2. The molecule has 1 saturated carbocycles. The fourth-order valence-electron chi connectivity index (χ4n) is 6.11. The highest BCUT2D eigenvalue weighted by atomic mass is 16.3. The Balaban J connectivity index is 1.63. The van der Waals surface area contributed by atoms with Crippen LogP contribution in [0.5, 0.6) is 0 Å². The second-order valence-electron chi connectivity index (χ2n) is 12.2. The number of nitrogens with one attached hydrogen (secondary N) is 1. The zero-order valence-corrected chi connectivity index (χ0v) is 23.2. The first-order valence-corrected chi connectivity index (χ1v) is 14.0.